The SMILES string of the molecule is CC(C)CN(CC(C)C)c1ccc(C=Nc2ccc3c(c2)oc2ccccc23)cc1[N+](=O)[O-]. The lowest BCUT2D eigenvalue weighted by atomic mass is 10.1. The first-order valence-corrected chi connectivity index (χ1v) is 11.3. The highest BCUT2D eigenvalue weighted by molar-refractivity contribution is 6.05. The summed E-state index contributed by atoms with van der Waals surface area (Å²) in [6.07, 6.45) is 1.66. The monoisotopic (exact) mass is 443 g/mol. The molecule has 6 heteroatoms. The van der Waals surface area contributed by atoms with E-state index in [9.17, 15) is 10.1 Å². The van der Waals surface area contributed by atoms with E-state index in [-0.39, 0.29) is 10.6 Å². The van der Waals surface area contributed by atoms with Gasteiger partial charge in [0.15, 0.2) is 0 Å². The van der Waals surface area contributed by atoms with Crippen molar-refractivity contribution in [2.45, 2.75) is 27.7 Å². The van der Waals surface area contributed by atoms with Crippen LogP contribution in [0.4, 0.5) is 17.1 Å². The summed E-state index contributed by atoms with van der Waals surface area (Å²) in [7, 11) is 0. The summed E-state index contributed by atoms with van der Waals surface area (Å²) in [5.74, 6) is 0.801. The normalized spacial score (nSPS) is 11.9. The van der Waals surface area contributed by atoms with Gasteiger partial charge in [0.05, 0.1) is 10.6 Å². The lowest BCUT2D eigenvalue weighted by molar-refractivity contribution is -0.384. The highest BCUT2D eigenvalue weighted by atomic mass is 16.6. The molecule has 0 radical (unpaired) electrons. The predicted octanol–water partition coefficient (Wildman–Crippen LogP) is 7.36. The number of nitro benzene ring substituents is 1. The summed E-state index contributed by atoms with van der Waals surface area (Å²) in [5, 5.41) is 14.0. The van der Waals surface area contributed by atoms with Crippen molar-refractivity contribution in [2.24, 2.45) is 16.8 Å². The molecule has 1 aromatic heterocycles. The largest absolute Gasteiger partial charge is 0.456 e. The minimum atomic E-state index is -0.305. The average Bonchev–Trinajstić information content (AvgIpc) is 3.14. The van der Waals surface area contributed by atoms with Gasteiger partial charge in [-0.3, -0.25) is 15.1 Å². The Bertz CT molecular complexity index is 1310. The number of hydrogen-bond donors (Lipinski definition) is 0. The van der Waals surface area contributed by atoms with Crippen LogP contribution in [0.5, 0.6) is 0 Å². The number of benzene rings is 3. The van der Waals surface area contributed by atoms with E-state index in [0.717, 1.165) is 40.7 Å². The van der Waals surface area contributed by atoms with Crippen molar-refractivity contribution in [3.05, 3.63) is 76.3 Å². The third-order valence-corrected chi connectivity index (χ3v) is 5.43. The Hall–Kier alpha value is -3.67. The molecule has 0 bridgehead atoms. The van der Waals surface area contributed by atoms with E-state index >= 15 is 0 Å². The molecule has 0 fully saturated rings. The van der Waals surface area contributed by atoms with Gasteiger partial charge in [0.1, 0.15) is 16.9 Å². The predicted molar refractivity (Wildman–Crippen MR) is 136 cm³/mol. The molecule has 0 aliphatic carbocycles. The molecule has 1 heterocycles. The molecule has 6 nitrogen and oxygen atoms in total. The second-order valence-corrected chi connectivity index (χ2v) is 9.23. The Kier molecular flexibility index (Phi) is 6.45. The van der Waals surface area contributed by atoms with Crippen LogP contribution in [0.25, 0.3) is 21.9 Å². The van der Waals surface area contributed by atoms with Gasteiger partial charge in [0.25, 0.3) is 5.69 Å². The maximum atomic E-state index is 11.9. The van der Waals surface area contributed by atoms with E-state index < -0.39 is 0 Å². The Balaban J connectivity index is 1.64. The Labute approximate surface area is 193 Å². The number of fused-ring (bicyclic) bond motifs is 3. The fourth-order valence-electron chi connectivity index (χ4n) is 4.13. The Morgan fingerprint density at radius 2 is 1.64 bits per heavy atom. The number of hydrogen-bond acceptors (Lipinski definition) is 5. The first-order chi connectivity index (χ1) is 15.8. The molecule has 0 atom stereocenters. The van der Waals surface area contributed by atoms with Crippen molar-refractivity contribution in [3.8, 4) is 0 Å². The average molecular weight is 444 g/mol. The zero-order valence-electron chi connectivity index (χ0n) is 19.5. The number of nitro groups is 1. The first-order valence-electron chi connectivity index (χ1n) is 11.3. The van der Waals surface area contributed by atoms with E-state index in [0.29, 0.717) is 23.1 Å². The molecule has 0 saturated carbocycles. The fraction of sp³-hybridized carbons (Fsp3) is 0.296. The maximum Gasteiger partial charge on any atom is 0.293 e. The third kappa shape index (κ3) is 5.06. The lowest BCUT2D eigenvalue weighted by Gasteiger charge is -2.28. The minimum absolute atomic E-state index is 0.105. The molecule has 0 N–H and O–H groups in total. The van der Waals surface area contributed by atoms with Gasteiger partial charge in [-0.2, -0.15) is 0 Å². The number of nitrogens with zero attached hydrogens (tertiary/aromatic N) is 3. The van der Waals surface area contributed by atoms with Crippen molar-refractivity contribution < 1.29 is 9.34 Å². The second kappa shape index (κ2) is 9.45. The van der Waals surface area contributed by atoms with Gasteiger partial charge < -0.3 is 9.32 Å². The molecule has 0 aliphatic rings. The summed E-state index contributed by atoms with van der Waals surface area (Å²) in [6, 6.07) is 19.1. The topological polar surface area (TPSA) is 71.9 Å². The van der Waals surface area contributed by atoms with Crippen LogP contribution in [-0.4, -0.2) is 24.2 Å². The van der Waals surface area contributed by atoms with Crippen molar-refractivity contribution in [1.29, 1.82) is 0 Å². The minimum Gasteiger partial charge on any atom is -0.456 e. The van der Waals surface area contributed by atoms with E-state index in [4.69, 9.17) is 4.42 Å². The van der Waals surface area contributed by atoms with Crippen molar-refractivity contribution in [3.63, 3.8) is 0 Å². The van der Waals surface area contributed by atoms with Crippen LogP contribution in [0.3, 0.4) is 0 Å². The highest BCUT2D eigenvalue weighted by Crippen LogP contribution is 2.32. The van der Waals surface area contributed by atoms with Crippen LogP contribution in [0, 0.1) is 22.0 Å². The molecule has 0 aliphatic heterocycles. The quantitative estimate of drug-likeness (QED) is 0.162. The van der Waals surface area contributed by atoms with Crippen LogP contribution < -0.4 is 4.90 Å². The Morgan fingerprint density at radius 3 is 2.33 bits per heavy atom. The van der Waals surface area contributed by atoms with Gasteiger partial charge >= 0.3 is 0 Å². The first kappa shape index (κ1) is 22.5. The van der Waals surface area contributed by atoms with Crippen LogP contribution in [0.2, 0.25) is 0 Å². The van der Waals surface area contributed by atoms with Gasteiger partial charge in [-0.15, -0.1) is 0 Å². The summed E-state index contributed by atoms with van der Waals surface area (Å²) in [4.78, 5) is 18.2. The summed E-state index contributed by atoms with van der Waals surface area (Å²) >= 11 is 0. The van der Waals surface area contributed by atoms with Gasteiger partial charge in [-0.1, -0.05) is 52.0 Å². The number of rotatable bonds is 8. The molecule has 0 spiro atoms. The zero-order valence-corrected chi connectivity index (χ0v) is 19.5. The van der Waals surface area contributed by atoms with E-state index in [1.165, 1.54) is 0 Å². The van der Waals surface area contributed by atoms with Gasteiger partial charge in [0, 0.05) is 42.2 Å². The molecular formula is C27H29N3O3. The summed E-state index contributed by atoms with van der Waals surface area (Å²) in [6.45, 7) is 10.0. The van der Waals surface area contributed by atoms with Gasteiger partial charge in [-0.25, -0.2) is 0 Å². The molecule has 3 aromatic carbocycles. The number of furan rings is 1. The summed E-state index contributed by atoms with van der Waals surface area (Å²) < 4.78 is 5.93. The smallest absolute Gasteiger partial charge is 0.293 e. The van der Waals surface area contributed by atoms with Gasteiger partial charge in [0.2, 0.25) is 0 Å². The Morgan fingerprint density at radius 1 is 0.939 bits per heavy atom. The molecule has 0 unspecified atom stereocenters. The zero-order chi connectivity index (χ0) is 23.5. The van der Waals surface area contributed by atoms with Crippen molar-refractivity contribution >= 4 is 45.2 Å². The maximum absolute atomic E-state index is 11.9. The standard InChI is InChI=1S/C27H29N3O3/c1-18(2)16-29(17-19(3)4)24-12-9-20(13-25(24)30(31)32)15-28-21-10-11-23-22-7-5-6-8-26(22)33-27(23)14-21/h5-15,18-19H,16-17H2,1-4H3. The van der Waals surface area contributed by atoms with Crippen molar-refractivity contribution in [1.82, 2.24) is 0 Å². The van der Waals surface area contributed by atoms with Gasteiger partial charge in [-0.05, 0) is 41.7 Å². The number of para-hydroxylation sites is 1. The molecule has 33 heavy (non-hydrogen) atoms. The molecular weight excluding hydrogens is 414 g/mol. The van der Waals surface area contributed by atoms with E-state index in [2.05, 4.69) is 37.6 Å². The third-order valence-electron chi connectivity index (χ3n) is 5.43. The van der Waals surface area contributed by atoms with Crippen molar-refractivity contribution in [2.75, 3.05) is 18.0 Å². The molecule has 0 amide bonds. The number of anilines is 1. The summed E-state index contributed by atoms with van der Waals surface area (Å²) in [5.41, 5.74) is 3.78. The molecule has 4 aromatic rings. The molecule has 0 saturated heterocycles. The second-order valence-electron chi connectivity index (χ2n) is 9.23. The molecule has 170 valence electrons. The van der Waals surface area contributed by atoms with E-state index in [1.807, 2.05) is 54.6 Å². The van der Waals surface area contributed by atoms with Crippen LogP contribution in [-0.2, 0) is 0 Å². The van der Waals surface area contributed by atoms with E-state index in [1.54, 1.807) is 12.3 Å². The fourth-order valence-corrected chi connectivity index (χ4v) is 4.13. The lowest BCUT2D eigenvalue weighted by Crippen LogP contribution is -2.31. The number of aliphatic imine (C=N–C) groups is 1. The molecule has 4 rings (SSSR count). The van der Waals surface area contributed by atoms with Crippen LogP contribution >= 0.6 is 0 Å². The van der Waals surface area contributed by atoms with Crippen LogP contribution in [0.15, 0.2) is 70.1 Å². The van der Waals surface area contributed by atoms with Crippen LogP contribution in [0.1, 0.15) is 33.3 Å². The highest BCUT2D eigenvalue weighted by Gasteiger charge is 2.21.